The Kier molecular flexibility index (Phi) is 3.75. The molecule has 1 N–H and O–H groups in total. The number of nitrogens with one attached hydrogen (secondary N) is 1. The molecule has 0 saturated heterocycles. The summed E-state index contributed by atoms with van der Waals surface area (Å²) in [6.07, 6.45) is 9.93. The molecule has 3 rings (SSSR count). The highest BCUT2D eigenvalue weighted by Crippen LogP contribution is 2.21. The topological polar surface area (TPSA) is 55.1 Å². The van der Waals surface area contributed by atoms with Crippen LogP contribution in [-0.2, 0) is 6.42 Å². The van der Waals surface area contributed by atoms with Gasteiger partial charge < -0.3 is 5.32 Å². The van der Waals surface area contributed by atoms with E-state index in [9.17, 15) is 0 Å². The van der Waals surface area contributed by atoms with Gasteiger partial charge in [-0.05, 0) is 35.1 Å². The Morgan fingerprint density at radius 3 is 2.95 bits per heavy atom. The molecule has 5 nitrogen and oxygen atoms in total. The first-order valence-corrected chi connectivity index (χ1v) is 7.12. The van der Waals surface area contributed by atoms with E-state index in [1.54, 1.807) is 6.20 Å². The zero-order valence-electron chi connectivity index (χ0n) is 11.0. The molecule has 0 radical (unpaired) electrons. The van der Waals surface area contributed by atoms with Crippen LogP contribution in [0.4, 0.5) is 0 Å². The van der Waals surface area contributed by atoms with Crippen molar-refractivity contribution in [2.75, 3.05) is 7.05 Å². The molecule has 6 heteroatoms. The highest BCUT2D eigenvalue weighted by atomic mass is 79.9. The van der Waals surface area contributed by atoms with E-state index in [2.05, 4.69) is 36.3 Å². The third-order valence-electron chi connectivity index (χ3n) is 3.28. The molecule has 0 aliphatic carbocycles. The molecule has 3 aromatic heterocycles. The monoisotopic (exact) mass is 331 g/mol. The number of rotatable bonds is 4. The van der Waals surface area contributed by atoms with Gasteiger partial charge in [-0.1, -0.05) is 0 Å². The Balaban J connectivity index is 1.91. The van der Waals surface area contributed by atoms with Gasteiger partial charge in [-0.2, -0.15) is 5.10 Å². The maximum atomic E-state index is 4.43. The number of nitrogens with zero attached hydrogens (tertiary/aromatic N) is 4. The molecule has 3 heterocycles. The fourth-order valence-electron chi connectivity index (χ4n) is 2.23. The van der Waals surface area contributed by atoms with Gasteiger partial charge in [-0.15, -0.1) is 0 Å². The molecule has 0 aromatic carbocycles. The quantitative estimate of drug-likeness (QED) is 0.797. The first-order chi connectivity index (χ1) is 9.78. The summed E-state index contributed by atoms with van der Waals surface area (Å²) >= 11 is 3.40. The number of halogens is 1. The molecule has 0 spiro atoms. The number of hydrogen-bond acceptors (Lipinski definition) is 4. The summed E-state index contributed by atoms with van der Waals surface area (Å²) in [5.74, 6) is 0. The number of hydrogen-bond donors (Lipinski definition) is 1. The largest absolute Gasteiger partial charge is 0.313 e. The van der Waals surface area contributed by atoms with Crippen molar-refractivity contribution in [1.82, 2.24) is 24.9 Å². The molecule has 0 amide bonds. The molecule has 1 unspecified atom stereocenters. The van der Waals surface area contributed by atoms with Crippen LogP contribution in [0.2, 0.25) is 0 Å². The third-order valence-corrected chi connectivity index (χ3v) is 3.75. The van der Waals surface area contributed by atoms with Crippen molar-refractivity contribution < 1.29 is 0 Å². The van der Waals surface area contributed by atoms with E-state index in [0.717, 1.165) is 27.7 Å². The Morgan fingerprint density at radius 1 is 1.30 bits per heavy atom. The van der Waals surface area contributed by atoms with Gasteiger partial charge in [0, 0.05) is 46.8 Å². The Bertz CT molecular complexity index is 707. The molecule has 0 fully saturated rings. The molecule has 3 aromatic rings. The summed E-state index contributed by atoms with van der Waals surface area (Å²) in [6, 6.07) is 4.19. The van der Waals surface area contributed by atoms with E-state index in [4.69, 9.17) is 0 Å². The number of pyridine rings is 1. The lowest BCUT2D eigenvalue weighted by Gasteiger charge is -2.14. The fourth-order valence-corrected chi connectivity index (χ4v) is 2.46. The minimum Gasteiger partial charge on any atom is -0.313 e. The second-order valence-corrected chi connectivity index (χ2v) is 5.43. The maximum absolute atomic E-state index is 4.43. The smallest absolute Gasteiger partial charge is 0.0892 e. The lowest BCUT2D eigenvalue weighted by Crippen LogP contribution is -2.19. The van der Waals surface area contributed by atoms with Crippen LogP contribution in [0.5, 0.6) is 0 Å². The normalized spacial score (nSPS) is 12.7. The fraction of sp³-hybridized carbons (Fsp3) is 0.214. The number of aromatic nitrogens is 4. The van der Waals surface area contributed by atoms with Crippen molar-refractivity contribution in [3.63, 3.8) is 0 Å². The predicted molar refractivity (Wildman–Crippen MR) is 80.4 cm³/mol. The summed E-state index contributed by atoms with van der Waals surface area (Å²) in [5.41, 5.74) is 3.19. The van der Waals surface area contributed by atoms with Gasteiger partial charge in [-0.25, -0.2) is 4.52 Å². The van der Waals surface area contributed by atoms with Crippen LogP contribution >= 0.6 is 15.9 Å². The number of fused-ring (bicyclic) bond motifs is 1. The molecule has 0 aliphatic heterocycles. The average Bonchev–Trinajstić information content (AvgIpc) is 2.91. The molecule has 0 bridgehead atoms. The minimum atomic E-state index is 0.158. The van der Waals surface area contributed by atoms with Gasteiger partial charge in [0.1, 0.15) is 0 Å². The summed E-state index contributed by atoms with van der Waals surface area (Å²) in [7, 11) is 1.95. The van der Waals surface area contributed by atoms with E-state index < -0.39 is 0 Å². The van der Waals surface area contributed by atoms with Crippen LogP contribution in [0.25, 0.3) is 5.52 Å². The van der Waals surface area contributed by atoms with Gasteiger partial charge in [0.05, 0.1) is 17.9 Å². The van der Waals surface area contributed by atoms with Crippen molar-refractivity contribution in [2.24, 2.45) is 0 Å². The SMILES string of the molecule is CNC(Cc1ccc(Br)cn1)c1cnn2ccncc12. The first-order valence-electron chi connectivity index (χ1n) is 6.33. The van der Waals surface area contributed by atoms with Crippen LogP contribution in [-0.4, -0.2) is 26.6 Å². The maximum Gasteiger partial charge on any atom is 0.0892 e. The molecule has 0 aliphatic rings. The molecule has 1 atom stereocenters. The van der Waals surface area contributed by atoms with Crippen LogP contribution in [0.3, 0.4) is 0 Å². The second kappa shape index (κ2) is 5.68. The first kappa shape index (κ1) is 13.2. The van der Waals surface area contributed by atoms with Gasteiger partial charge in [-0.3, -0.25) is 9.97 Å². The second-order valence-electron chi connectivity index (χ2n) is 4.52. The predicted octanol–water partition coefficient (Wildman–Crippen LogP) is 2.39. The highest BCUT2D eigenvalue weighted by Gasteiger charge is 2.16. The summed E-state index contributed by atoms with van der Waals surface area (Å²) in [5, 5.41) is 7.68. The van der Waals surface area contributed by atoms with Gasteiger partial charge in [0.2, 0.25) is 0 Å². The lowest BCUT2D eigenvalue weighted by atomic mass is 10.0. The van der Waals surface area contributed by atoms with Crippen LogP contribution in [0.1, 0.15) is 17.3 Å². The Morgan fingerprint density at radius 2 is 2.20 bits per heavy atom. The van der Waals surface area contributed by atoms with Gasteiger partial charge in [0.25, 0.3) is 0 Å². The van der Waals surface area contributed by atoms with Crippen molar-refractivity contribution in [3.8, 4) is 0 Å². The van der Waals surface area contributed by atoms with Crippen molar-refractivity contribution in [2.45, 2.75) is 12.5 Å². The Labute approximate surface area is 125 Å². The molecule has 20 heavy (non-hydrogen) atoms. The van der Waals surface area contributed by atoms with Crippen LogP contribution in [0.15, 0.2) is 47.6 Å². The number of likely N-dealkylation sites (N-methyl/N-ethyl adjacent to an activating group) is 1. The highest BCUT2D eigenvalue weighted by molar-refractivity contribution is 9.10. The minimum absolute atomic E-state index is 0.158. The van der Waals surface area contributed by atoms with Crippen LogP contribution < -0.4 is 5.32 Å². The van der Waals surface area contributed by atoms with E-state index in [1.165, 1.54) is 0 Å². The lowest BCUT2D eigenvalue weighted by molar-refractivity contribution is 0.588. The molecule has 0 saturated carbocycles. The van der Waals surface area contributed by atoms with E-state index >= 15 is 0 Å². The summed E-state index contributed by atoms with van der Waals surface area (Å²) in [4.78, 5) is 8.60. The third kappa shape index (κ3) is 2.57. The summed E-state index contributed by atoms with van der Waals surface area (Å²) < 4.78 is 2.82. The molecular weight excluding hydrogens is 318 g/mol. The standard InChI is InChI=1S/C14H14BrN5/c1-16-13(6-11-3-2-10(15)7-18-11)12-8-19-20-5-4-17-9-14(12)20/h2-5,7-9,13,16H,6H2,1H3. The summed E-state index contributed by atoms with van der Waals surface area (Å²) in [6.45, 7) is 0. The van der Waals surface area contributed by atoms with Crippen molar-refractivity contribution in [3.05, 3.63) is 58.8 Å². The van der Waals surface area contributed by atoms with Crippen molar-refractivity contribution >= 4 is 21.4 Å². The zero-order valence-corrected chi connectivity index (χ0v) is 12.6. The van der Waals surface area contributed by atoms with E-state index in [-0.39, 0.29) is 6.04 Å². The van der Waals surface area contributed by atoms with E-state index in [0.29, 0.717) is 0 Å². The van der Waals surface area contributed by atoms with Crippen molar-refractivity contribution in [1.29, 1.82) is 0 Å². The zero-order chi connectivity index (χ0) is 13.9. The molecular formula is C14H14BrN5. The van der Waals surface area contributed by atoms with Gasteiger partial charge >= 0.3 is 0 Å². The van der Waals surface area contributed by atoms with Crippen LogP contribution in [0, 0.1) is 0 Å². The van der Waals surface area contributed by atoms with Gasteiger partial charge in [0.15, 0.2) is 0 Å². The average molecular weight is 332 g/mol. The molecule has 102 valence electrons. The van der Waals surface area contributed by atoms with E-state index in [1.807, 2.05) is 48.5 Å². The Hall–Kier alpha value is -1.79.